The molecule has 0 aromatic heterocycles. The lowest BCUT2D eigenvalue weighted by molar-refractivity contribution is -0.113. The van der Waals surface area contributed by atoms with E-state index < -0.39 is 0 Å². The molecule has 0 N–H and O–H groups in total. The molecule has 0 unspecified atom stereocenters. The van der Waals surface area contributed by atoms with Crippen molar-refractivity contribution in [3.8, 4) is 23.8 Å². The molecule has 0 saturated carbocycles. The van der Waals surface area contributed by atoms with Gasteiger partial charge in [0.15, 0.2) is 16.7 Å². The molecule has 1 fully saturated rings. The van der Waals surface area contributed by atoms with Crippen LogP contribution in [0.25, 0.3) is 6.08 Å². The van der Waals surface area contributed by atoms with Crippen LogP contribution < -0.4 is 14.4 Å². The maximum Gasteiger partial charge on any atom is 0.271 e. The van der Waals surface area contributed by atoms with Gasteiger partial charge in [0.25, 0.3) is 5.91 Å². The fourth-order valence-electron chi connectivity index (χ4n) is 3.24. The van der Waals surface area contributed by atoms with Gasteiger partial charge in [-0.3, -0.25) is 9.69 Å². The van der Waals surface area contributed by atoms with Crippen molar-refractivity contribution in [3.63, 3.8) is 0 Å². The van der Waals surface area contributed by atoms with Gasteiger partial charge < -0.3 is 9.47 Å². The molecular weight excluding hydrogens is 432 g/mol. The van der Waals surface area contributed by atoms with E-state index >= 15 is 0 Å². The first-order valence-electron chi connectivity index (χ1n) is 10.5. The van der Waals surface area contributed by atoms with Gasteiger partial charge in [-0.1, -0.05) is 48.4 Å². The fraction of sp³-hybridized carbons (Fsp3) is 0.111. The Morgan fingerprint density at radius 3 is 2.42 bits per heavy atom. The number of aliphatic imine (C=N–C) groups is 1. The summed E-state index contributed by atoms with van der Waals surface area (Å²) >= 11 is 1.34. The van der Waals surface area contributed by atoms with Crippen LogP contribution in [0.5, 0.6) is 11.5 Å². The largest absolute Gasteiger partial charge is 0.490 e. The maximum atomic E-state index is 13.4. The first-order chi connectivity index (χ1) is 16.2. The zero-order chi connectivity index (χ0) is 23.0. The molecule has 4 rings (SSSR count). The van der Waals surface area contributed by atoms with Crippen LogP contribution in [0.2, 0.25) is 0 Å². The normalized spacial score (nSPS) is 15.6. The summed E-state index contributed by atoms with van der Waals surface area (Å²) in [6.07, 6.45) is 7.14. The minimum Gasteiger partial charge on any atom is -0.490 e. The molecule has 6 heteroatoms. The molecular formula is C27H22N2O3S. The van der Waals surface area contributed by atoms with Gasteiger partial charge in [-0.2, -0.15) is 0 Å². The first-order valence-corrected chi connectivity index (χ1v) is 11.3. The van der Waals surface area contributed by atoms with Gasteiger partial charge in [-0.15, -0.1) is 6.42 Å². The second-order valence-corrected chi connectivity index (χ2v) is 7.96. The van der Waals surface area contributed by atoms with E-state index in [1.807, 2.05) is 85.8 Å². The summed E-state index contributed by atoms with van der Waals surface area (Å²) in [6.45, 7) is 2.53. The standard InChI is InChI=1S/C27H22N2O3S/c1-3-17-32-23-16-15-20(18-24(23)31-4-2)19-25-26(30)29(22-13-9-6-10-14-22)27(33-25)28-21-11-7-5-8-12-21/h1,5-16,18-19H,4,17H2,2H3/b25-19+,28-27?. The summed E-state index contributed by atoms with van der Waals surface area (Å²) in [6, 6.07) is 24.6. The van der Waals surface area contributed by atoms with Crippen molar-refractivity contribution in [1.29, 1.82) is 0 Å². The number of carbonyl (C=O) groups excluding carboxylic acids is 1. The highest BCUT2D eigenvalue weighted by Crippen LogP contribution is 2.38. The van der Waals surface area contributed by atoms with Gasteiger partial charge in [0.1, 0.15) is 6.61 Å². The van der Waals surface area contributed by atoms with Crippen LogP contribution in [-0.4, -0.2) is 24.3 Å². The molecule has 3 aromatic rings. The van der Waals surface area contributed by atoms with Crippen molar-refractivity contribution in [3.05, 3.63) is 89.3 Å². The summed E-state index contributed by atoms with van der Waals surface area (Å²) in [5.41, 5.74) is 2.36. The Morgan fingerprint density at radius 1 is 1.00 bits per heavy atom. The Labute approximate surface area is 197 Å². The monoisotopic (exact) mass is 454 g/mol. The molecule has 0 aliphatic carbocycles. The molecule has 1 heterocycles. The number of hydrogen-bond acceptors (Lipinski definition) is 5. The lowest BCUT2D eigenvalue weighted by Gasteiger charge is -2.15. The van der Waals surface area contributed by atoms with Crippen molar-refractivity contribution in [1.82, 2.24) is 0 Å². The van der Waals surface area contributed by atoms with Crippen LogP contribution >= 0.6 is 11.8 Å². The number of nitrogens with zero attached hydrogens (tertiary/aromatic N) is 2. The Morgan fingerprint density at radius 2 is 1.73 bits per heavy atom. The first kappa shape index (κ1) is 22.3. The van der Waals surface area contributed by atoms with Crippen LogP contribution in [0.3, 0.4) is 0 Å². The Balaban J connectivity index is 1.71. The maximum absolute atomic E-state index is 13.4. The lowest BCUT2D eigenvalue weighted by Crippen LogP contribution is -2.28. The predicted octanol–water partition coefficient (Wildman–Crippen LogP) is 5.91. The molecule has 1 aliphatic rings. The number of ether oxygens (including phenoxy) is 2. The summed E-state index contributed by atoms with van der Waals surface area (Å²) in [5.74, 6) is 3.47. The highest BCUT2D eigenvalue weighted by molar-refractivity contribution is 8.19. The lowest BCUT2D eigenvalue weighted by atomic mass is 10.1. The number of benzene rings is 3. The van der Waals surface area contributed by atoms with Crippen molar-refractivity contribution in [2.75, 3.05) is 18.1 Å². The van der Waals surface area contributed by atoms with E-state index in [0.29, 0.717) is 28.2 Å². The molecule has 3 aromatic carbocycles. The minimum atomic E-state index is -0.133. The minimum absolute atomic E-state index is 0.133. The molecule has 5 nitrogen and oxygen atoms in total. The number of carbonyl (C=O) groups is 1. The van der Waals surface area contributed by atoms with Gasteiger partial charge in [0.05, 0.1) is 22.9 Å². The molecule has 0 bridgehead atoms. The van der Waals surface area contributed by atoms with Crippen molar-refractivity contribution >= 4 is 40.3 Å². The van der Waals surface area contributed by atoms with Crippen LogP contribution in [0, 0.1) is 12.3 Å². The molecule has 0 spiro atoms. The second kappa shape index (κ2) is 10.6. The second-order valence-electron chi connectivity index (χ2n) is 6.95. The highest BCUT2D eigenvalue weighted by atomic mass is 32.2. The van der Waals surface area contributed by atoms with Gasteiger partial charge in [-0.25, -0.2) is 4.99 Å². The SMILES string of the molecule is C#CCOc1ccc(/C=C2/SC(=Nc3ccccc3)N(c3ccccc3)C2=O)cc1OCC. The number of para-hydroxylation sites is 2. The van der Waals surface area contributed by atoms with E-state index in [4.69, 9.17) is 20.9 Å². The van der Waals surface area contributed by atoms with Gasteiger partial charge in [0, 0.05) is 0 Å². The van der Waals surface area contributed by atoms with Crippen LogP contribution in [0.1, 0.15) is 12.5 Å². The summed E-state index contributed by atoms with van der Waals surface area (Å²) in [5, 5.41) is 0.600. The number of anilines is 1. The number of hydrogen-bond donors (Lipinski definition) is 0. The average molecular weight is 455 g/mol. The van der Waals surface area contributed by atoms with Gasteiger partial charge in [0.2, 0.25) is 0 Å². The van der Waals surface area contributed by atoms with E-state index in [0.717, 1.165) is 16.9 Å². The van der Waals surface area contributed by atoms with Crippen LogP contribution in [-0.2, 0) is 4.79 Å². The predicted molar refractivity (Wildman–Crippen MR) is 135 cm³/mol. The molecule has 33 heavy (non-hydrogen) atoms. The summed E-state index contributed by atoms with van der Waals surface area (Å²) in [4.78, 5) is 20.3. The van der Waals surface area contributed by atoms with Crippen molar-refractivity contribution in [2.45, 2.75) is 6.92 Å². The summed E-state index contributed by atoms with van der Waals surface area (Å²) < 4.78 is 11.3. The zero-order valence-corrected chi connectivity index (χ0v) is 18.9. The number of amidine groups is 1. The van der Waals surface area contributed by atoms with E-state index in [1.165, 1.54) is 11.8 Å². The third-order valence-corrected chi connectivity index (χ3v) is 5.65. The highest BCUT2D eigenvalue weighted by Gasteiger charge is 2.34. The van der Waals surface area contributed by atoms with E-state index in [-0.39, 0.29) is 12.5 Å². The average Bonchev–Trinajstić information content (AvgIpc) is 3.14. The molecule has 1 aliphatic heterocycles. The number of amides is 1. The van der Waals surface area contributed by atoms with E-state index in [1.54, 1.807) is 11.0 Å². The third kappa shape index (κ3) is 5.28. The molecule has 1 amide bonds. The smallest absolute Gasteiger partial charge is 0.271 e. The Kier molecular flexibility index (Phi) is 7.13. The van der Waals surface area contributed by atoms with Crippen molar-refractivity contribution in [2.24, 2.45) is 4.99 Å². The molecule has 0 radical (unpaired) electrons. The Hall–Kier alpha value is -3.95. The van der Waals surface area contributed by atoms with Crippen LogP contribution in [0.4, 0.5) is 11.4 Å². The van der Waals surface area contributed by atoms with Gasteiger partial charge >= 0.3 is 0 Å². The zero-order valence-electron chi connectivity index (χ0n) is 18.1. The van der Waals surface area contributed by atoms with Crippen molar-refractivity contribution < 1.29 is 14.3 Å². The molecule has 0 atom stereocenters. The number of thioether (sulfide) groups is 1. The topological polar surface area (TPSA) is 51.1 Å². The third-order valence-electron chi connectivity index (χ3n) is 4.68. The molecule has 1 saturated heterocycles. The van der Waals surface area contributed by atoms with E-state index in [2.05, 4.69) is 5.92 Å². The van der Waals surface area contributed by atoms with Gasteiger partial charge in [-0.05, 0) is 66.7 Å². The van der Waals surface area contributed by atoms with Crippen LogP contribution in [0.15, 0.2) is 88.8 Å². The number of terminal acetylenes is 1. The quantitative estimate of drug-likeness (QED) is 0.329. The number of rotatable bonds is 7. The fourth-order valence-corrected chi connectivity index (χ4v) is 4.24. The molecule has 164 valence electrons. The Bertz CT molecular complexity index is 1230. The summed E-state index contributed by atoms with van der Waals surface area (Å²) in [7, 11) is 0. The van der Waals surface area contributed by atoms with E-state index in [9.17, 15) is 4.79 Å².